The molecule has 17 heavy (non-hydrogen) atoms. The number of amides is 1. The molecule has 0 aliphatic carbocycles. The number of carboxylic acid groups (broad SMARTS) is 1. The monoisotopic (exact) mass is 269 g/mol. The molecule has 1 aliphatic rings. The van der Waals surface area contributed by atoms with Gasteiger partial charge in [-0.05, 0) is 13.0 Å². The van der Waals surface area contributed by atoms with Crippen LogP contribution in [0.5, 0.6) is 0 Å². The minimum Gasteiger partial charge on any atom is -0.480 e. The van der Waals surface area contributed by atoms with Crippen molar-refractivity contribution < 1.29 is 14.7 Å². The molecule has 1 fully saturated rings. The Morgan fingerprint density at radius 1 is 1.47 bits per heavy atom. The van der Waals surface area contributed by atoms with Gasteiger partial charge in [-0.2, -0.15) is 0 Å². The van der Waals surface area contributed by atoms with Crippen LogP contribution >= 0.6 is 24.0 Å². The van der Waals surface area contributed by atoms with Crippen LogP contribution in [0, 0.1) is 0 Å². The SMILES string of the molecule is CC=CC=CC=C1SC(=S)N(CC(=O)O)C1=O. The first-order chi connectivity index (χ1) is 8.06. The van der Waals surface area contributed by atoms with Crippen LogP contribution in [0.15, 0.2) is 35.3 Å². The van der Waals surface area contributed by atoms with Gasteiger partial charge in [-0.25, -0.2) is 0 Å². The zero-order valence-corrected chi connectivity index (χ0v) is 10.8. The van der Waals surface area contributed by atoms with Crippen molar-refractivity contribution in [2.45, 2.75) is 6.92 Å². The smallest absolute Gasteiger partial charge is 0.323 e. The zero-order valence-electron chi connectivity index (χ0n) is 9.12. The third kappa shape index (κ3) is 3.83. The molecule has 0 bridgehead atoms. The lowest BCUT2D eigenvalue weighted by Crippen LogP contribution is -2.33. The van der Waals surface area contributed by atoms with Crippen LogP contribution in [0.25, 0.3) is 0 Å². The van der Waals surface area contributed by atoms with Crippen LogP contribution in [0.3, 0.4) is 0 Å². The van der Waals surface area contributed by atoms with Crippen molar-refractivity contribution in [1.29, 1.82) is 0 Å². The summed E-state index contributed by atoms with van der Waals surface area (Å²) in [5, 5.41) is 8.64. The number of hydrogen-bond donors (Lipinski definition) is 1. The number of carbonyl (C=O) groups is 2. The predicted molar refractivity (Wildman–Crippen MR) is 71.6 cm³/mol. The molecule has 4 nitrogen and oxygen atoms in total. The minimum atomic E-state index is -1.08. The molecule has 1 heterocycles. The Bertz CT molecular complexity index is 438. The van der Waals surface area contributed by atoms with Gasteiger partial charge < -0.3 is 5.11 Å². The van der Waals surface area contributed by atoms with Crippen LogP contribution in [0.4, 0.5) is 0 Å². The lowest BCUT2D eigenvalue weighted by atomic mass is 10.4. The Kier molecular flexibility index (Phi) is 5.11. The van der Waals surface area contributed by atoms with Crippen LogP contribution in [0.2, 0.25) is 0 Å². The molecule has 1 N–H and O–H groups in total. The highest BCUT2D eigenvalue weighted by Gasteiger charge is 2.32. The Balaban J connectivity index is 2.77. The van der Waals surface area contributed by atoms with Gasteiger partial charge in [0.15, 0.2) is 0 Å². The van der Waals surface area contributed by atoms with Gasteiger partial charge in [0.05, 0.1) is 4.91 Å². The molecular weight excluding hydrogens is 258 g/mol. The molecule has 6 heteroatoms. The minimum absolute atomic E-state index is 0.281. The van der Waals surface area contributed by atoms with Gasteiger partial charge in [0, 0.05) is 0 Å². The van der Waals surface area contributed by atoms with Crippen molar-refractivity contribution >= 4 is 40.2 Å². The van der Waals surface area contributed by atoms with E-state index < -0.39 is 5.97 Å². The second-order valence-electron chi connectivity index (χ2n) is 3.09. The second kappa shape index (κ2) is 6.36. The Hall–Kier alpha value is -1.40. The van der Waals surface area contributed by atoms with Crippen LogP contribution in [-0.2, 0) is 9.59 Å². The number of aliphatic carboxylic acids is 1. The summed E-state index contributed by atoms with van der Waals surface area (Å²) >= 11 is 6.05. The standard InChI is InChI=1S/C11H11NO3S2/c1-2-3-4-5-6-8-10(15)12(7-9(13)14)11(16)17-8/h2-6H,7H2,1H3,(H,13,14). The number of allylic oxidation sites excluding steroid dienone is 5. The van der Waals surface area contributed by atoms with Gasteiger partial charge in [-0.1, -0.05) is 48.3 Å². The predicted octanol–water partition coefficient (Wildman–Crippen LogP) is 1.95. The Morgan fingerprint density at radius 3 is 2.76 bits per heavy atom. The van der Waals surface area contributed by atoms with Crippen molar-refractivity contribution in [2.24, 2.45) is 0 Å². The largest absolute Gasteiger partial charge is 0.480 e. The van der Waals surface area contributed by atoms with E-state index >= 15 is 0 Å². The summed E-state index contributed by atoms with van der Waals surface area (Å²) in [7, 11) is 0. The number of hydrogen-bond acceptors (Lipinski definition) is 4. The third-order valence-corrected chi connectivity index (χ3v) is 3.23. The second-order valence-corrected chi connectivity index (χ2v) is 4.77. The molecule has 0 unspecified atom stereocenters. The van der Waals surface area contributed by atoms with E-state index in [2.05, 4.69) is 0 Å². The fourth-order valence-electron chi connectivity index (χ4n) is 1.10. The average Bonchev–Trinajstić information content (AvgIpc) is 2.52. The van der Waals surface area contributed by atoms with E-state index in [1.807, 2.05) is 19.1 Å². The quantitative estimate of drug-likeness (QED) is 0.480. The topological polar surface area (TPSA) is 57.6 Å². The highest BCUT2D eigenvalue weighted by Crippen LogP contribution is 2.30. The van der Waals surface area contributed by atoms with Crippen molar-refractivity contribution in [3.8, 4) is 0 Å². The zero-order chi connectivity index (χ0) is 12.8. The Labute approximate surface area is 109 Å². The van der Waals surface area contributed by atoms with E-state index in [0.717, 1.165) is 16.7 Å². The van der Waals surface area contributed by atoms with Gasteiger partial charge in [-0.15, -0.1) is 0 Å². The first kappa shape index (κ1) is 13.7. The van der Waals surface area contributed by atoms with Gasteiger partial charge in [0.1, 0.15) is 10.9 Å². The lowest BCUT2D eigenvalue weighted by Gasteiger charge is -2.09. The summed E-state index contributed by atoms with van der Waals surface area (Å²) in [5.74, 6) is -1.43. The number of rotatable bonds is 4. The first-order valence-electron chi connectivity index (χ1n) is 4.81. The fourth-order valence-corrected chi connectivity index (χ4v) is 2.31. The molecule has 1 aliphatic heterocycles. The number of carbonyl (C=O) groups excluding carboxylic acids is 1. The summed E-state index contributed by atoms with van der Waals surface area (Å²) in [4.78, 5) is 23.8. The molecular formula is C11H11NO3S2. The molecule has 0 aromatic carbocycles. The molecule has 0 aromatic rings. The van der Waals surface area contributed by atoms with E-state index in [-0.39, 0.29) is 16.8 Å². The van der Waals surface area contributed by atoms with Crippen molar-refractivity contribution in [1.82, 2.24) is 4.90 Å². The van der Waals surface area contributed by atoms with E-state index in [9.17, 15) is 9.59 Å². The summed E-state index contributed by atoms with van der Waals surface area (Å²) in [6.07, 6.45) is 8.81. The number of nitrogens with zero attached hydrogens (tertiary/aromatic N) is 1. The molecule has 0 saturated carbocycles. The van der Waals surface area contributed by atoms with Gasteiger partial charge >= 0.3 is 5.97 Å². The maximum atomic E-state index is 11.7. The maximum Gasteiger partial charge on any atom is 0.323 e. The van der Waals surface area contributed by atoms with E-state index in [0.29, 0.717) is 4.91 Å². The molecule has 0 radical (unpaired) electrons. The molecule has 0 aromatic heterocycles. The van der Waals surface area contributed by atoms with Gasteiger partial charge in [-0.3, -0.25) is 14.5 Å². The highest BCUT2D eigenvalue weighted by molar-refractivity contribution is 8.26. The molecule has 0 atom stereocenters. The molecule has 1 saturated heterocycles. The summed E-state index contributed by atoms with van der Waals surface area (Å²) in [6, 6.07) is 0. The van der Waals surface area contributed by atoms with E-state index in [1.165, 1.54) is 0 Å². The summed E-state index contributed by atoms with van der Waals surface area (Å²) < 4.78 is 0.281. The van der Waals surface area contributed by atoms with Crippen molar-refractivity contribution in [3.05, 3.63) is 35.3 Å². The lowest BCUT2D eigenvalue weighted by molar-refractivity contribution is -0.140. The normalized spacial score (nSPS) is 19.1. The summed E-state index contributed by atoms with van der Waals surface area (Å²) in [5.41, 5.74) is 0. The fraction of sp³-hybridized carbons (Fsp3) is 0.182. The summed E-state index contributed by atoms with van der Waals surface area (Å²) in [6.45, 7) is 1.50. The van der Waals surface area contributed by atoms with Gasteiger partial charge in [0.25, 0.3) is 5.91 Å². The number of carboxylic acids is 1. The van der Waals surface area contributed by atoms with E-state index in [1.54, 1.807) is 18.2 Å². The Morgan fingerprint density at radius 2 is 2.18 bits per heavy atom. The third-order valence-electron chi connectivity index (χ3n) is 1.83. The number of thiocarbonyl (C=S) groups is 1. The molecule has 1 amide bonds. The van der Waals surface area contributed by atoms with Crippen LogP contribution in [-0.4, -0.2) is 32.7 Å². The van der Waals surface area contributed by atoms with Gasteiger partial charge in [0.2, 0.25) is 0 Å². The van der Waals surface area contributed by atoms with Crippen LogP contribution in [0.1, 0.15) is 6.92 Å². The van der Waals surface area contributed by atoms with Crippen molar-refractivity contribution in [3.63, 3.8) is 0 Å². The highest BCUT2D eigenvalue weighted by atomic mass is 32.2. The number of thioether (sulfide) groups is 1. The van der Waals surface area contributed by atoms with Crippen LogP contribution < -0.4 is 0 Å². The molecule has 1 rings (SSSR count). The molecule has 0 spiro atoms. The molecule has 90 valence electrons. The van der Waals surface area contributed by atoms with Crippen molar-refractivity contribution in [2.75, 3.05) is 6.54 Å². The maximum absolute atomic E-state index is 11.7. The van der Waals surface area contributed by atoms with E-state index in [4.69, 9.17) is 17.3 Å². The first-order valence-corrected chi connectivity index (χ1v) is 6.04. The average molecular weight is 269 g/mol.